The molecule has 94 valence electrons. The number of thiophene rings is 1. The third-order valence-electron chi connectivity index (χ3n) is 2.55. The van der Waals surface area contributed by atoms with Gasteiger partial charge in [0.1, 0.15) is 0 Å². The second kappa shape index (κ2) is 5.82. The summed E-state index contributed by atoms with van der Waals surface area (Å²) in [7, 11) is 0. The van der Waals surface area contributed by atoms with Crippen molar-refractivity contribution < 1.29 is 14.7 Å². The summed E-state index contributed by atoms with van der Waals surface area (Å²) in [4.78, 5) is 25.5. The Morgan fingerprint density at radius 3 is 2.53 bits per heavy atom. The number of hydrogen-bond donors (Lipinski definition) is 1. The third-order valence-corrected chi connectivity index (χ3v) is 3.83. The molecule has 0 saturated carbocycles. The first kappa shape index (κ1) is 13.7. The molecular weight excluding hydrogens is 238 g/mol. The number of hydrogen-bond acceptors (Lipinski definition) is 3. The van der Waals surface area contributed by atoms with E-state index in [2.05, 4.69) is 0 Å². The molecular formula is C12H17NO3S. The minimum atomic E-state index is -0.990. The van der Waals surface area contributed by atoms with Crippen molar-refractivity contribution in [1.29, 1.82) is 0 Å². The fourth-order valence-corrected chi connectivity index (χ4v) is 2.66. The van der Waals surface area contributed by atoms with Crippen LogP contribution in [0.25, 0.3) is 0 Å². The Morgan fingerprint density at radius 2 is 2.18 bits per heavy atom. The summed E-state index contributed by atoms with van der Waals surface area (Å²) in [6.45, 7) is 5.63. The van der Waals surface area contributed by atoms with E-state index in [4.69, 9.17) is 0 Å². The van der Waals surface area contributed by atoms with Gasteiger partial charge in [-0.05, 0) is 32.4 Å². The Hall–Kier alpha value is -1.36. The SMILES string of the molecule is CCc1ccc(C(C(=O)O)N(C=O)C(C)C)s1. The third kappa shape index (κ3) is 3.06. The van der Waals surface area contributed by atoms with E-state index >= 15 is 0 Å². The van der Waals surface area contributed by atoms with E-state index in [9.17, 15) is 14.7 Å². The molecule has 0 aliphatic rings. The lowest BCUT2D eigenvalue weighted by atomic mass is 10.2. The van der Waals surface area contributed by atoms with Crippen LogP contribution < -0.4 is 0 Å². The molecule has 0 aliphatic heterocycles. The van der Waals surface area contributed by atoms with Crippen LogP contribution in [0.3, 0.4) is 0 Å². The predicted octanol–water partition coefficient (Wildman–Crippen LogP) is 2.30. The van der Waals surface area contributed by atoms with Gasteiger partial charge in [-0.15, -0.1) is 11.3 Å². The molecule has 0 radical (unpaired) electrons. The van der Waals surface area contributed by atoms with Gasteiger partial charge in [-0.1, -0.05) is 6.92 Å². The first-order chi connectivity index (χ1) is 8.01. The van der Waals surface area contributed by atoms with Gasteiger partial charge in [0.2, 0.25) is 6.41 Å². The Morgan fingerprint density at radius 1 is 1.53 bits per heavy atom. The molecule has 0 aromatic carbocycles. The molecule has 0 bridgehead atoms. The van der Waals surface area contributed by atoms with E-state index in [1.807, 2.05) is 13.0 Å². The number of aliphatic carboxylic acids is 1. The lowest BCUT2D eigenvalue weighted by Crippen LogP contribution is -2.37. The summed E-state index contributed by atoms with van der Waals surface area (Å²) in [6.07, 6.45) is 1.48. The summed E-state index contributed by atoms with van der Waals surface area (Å²) in [5, 5.41) is 9.27. The minimum absolute atomic E-state index is 0.138. The van der Waals surface area contributed by atoms with Crippen LogP contribution in [0, 0.1) is 0 Å². The van der Waals surface area contributed by atoms with Gasteiger partial charge in [0.15, 0.2) is 6.04 Å². The Labute approximate surface area is 105 Å². The van der Waals surface area contributed by atoms with Crippen LogP contribution in [0.4, 0.5) is 0 Å². The number of carbonyl (C=O) groups is 2. The molecule has 17 heavy (non-hydrogen) atoms. The van der Waals surface area contributed by atoms with Gasteiger partial charge in [-0.2, -0.15) is 0 Å². The zero-order valence-corrected chi connectivity index (χ0v) is 11.0. The maximum atomic E-state index is 11.3. The lowest BCUT2D eigenvalue weighted by molar-refractivity contribution is -0.147. The second-order valence-corrected chi connectivity index (χ2v) is 5.24. The van der Waals surface area contributed by atoms with E-state index in [1.54, 1.807) is 19.9 Å². The summed E-state index contributed by atoms with van der Waals surface area (Å²) >= 11 is 1.45. The first-order valence-corrected chi connectivity index (χ1v) is 6.37. The number of carbonyl (C=O) groups excluding carboxylic acids is 1. The van der Waals surface area contributed by atoms with E-state index in [0.29, 0.717) is 11.3 Å². The maximum Gasteiger partial charge on any atom is 0.331 e. The number of aryl methyl sites for hydroxylation is 1. The number of carboxylic acids is 1. The maximum absolute atomic E-state index is 11.3. The topological polar surface area (TPSA) is 57.6 Å². The zero-order chi connectivity index (χ0) is 13.0. The quantitative estimate of drug-likeness (QED) is 0.793. The normalized spacial score (nSPS) is 12.5. The predicted molar refractivity (Wildman–Crippen MR) is 67.1 cm³/mol. The highest BCUT2D eigenvalue weighted by atomic mass is 32.1. The van der Waals surface area contributed by atoms with Crippen LogP contribution in [0.15, 0.2) is 12.1 Å². The molecule has 1 heterocycles. The van der Waals surface area contributed by atoms with Gasteiger partial charge < -0.3 is 10.0 Å². The number of amides is 1. The molecule has 0 aliphatic carbocycles. The summed E-state index contributed by atoms with van der Waals surface area (Å²) in [5.41, 5.74) is 0. The fraction of sp³-hybridized carbons (Fsp3) is 0.500. The van der Waals surface area contributed by atoms with Crippen LogP contribution in [0.1, 0.15) is 36.6 Å². The van der Waals surface area contributed by atoms with Gasteiger partial charge in [0, 0.05) is 15.8 Å². The molecule has 5 heteroatoms. The highest BCUT2D eigenvalue weighted by Crippen LogP contribution is 2.29. The summed E-state index contributed by atoms with van der Waals surface area (Å²) in [6, 6.07) is 2.69. The van der Waals surface area contributed by atoms with Crippen molar-refractivity contribution in [3.05, 3.63) is 21.9 Å². The van der Waals surface area contributed by atoms with Crippen LogP contribution in [0.5, 0.6) is 0 Å². The number of nitrogens with zero attached hydrogens (tertiary/aromatic N) is 1. The van der Waals surface area contributed by atoms with Gasteiger partial charge in [-0.25, -0.2) is 4.79 Å². The molecule has 1 unspecified atom stereocenters. The van der Waals surface area contributed by atoms with Crippen LogP contribution >= 0.6 is 11.3 Å². The molecule has 1 N–H and O–H groups in total. The average molecular weight is 255 g/mol. The molecule has 1 atom stereocenters. The first-order valence-electron chi connectivity index (χ1n) is 5.55. The van der Waals surface area contributed by atoms with Crippen molar-refractivity contribution in [2.24, 2.45) is 0 Å². The highest BCUT2D eigenvalue weighted by Gasteiger charge is 2.29. The minimum Gasteiger partial charge on any atom is -0.479 e. The Kier molecular flexibility index (Phi) is 4.69. The van der Waals surface area contributed by atoms with E-state index in [0.717, 1.165) is 11.3 Å². The Bertz CT molecular complexity index is 400. The summed E-state index contributed by atoms with van der Waals surface area (Å²) < 4.78 is 0. The molecule has 1 amide bonds. The van der Waals surface area contributed by atoms with Crippen molar-refractivity contribution >= 4 is 23.7 Å². The fourth-order valence-electron chi connectivity index (χ4n) is 1.61. The molecule has 1 aromatic heterocycles. The van der Waals surface area contributed by atoms with Crippen molar-refractivity contribution in [2.45, 2.75) is 39.3 Å². The Balaban J connectivity index is 3.07. The van der Waals surface area contributed by atoms with Crippen LogP contribution in [-0.4, -0.2) is 28.4 Å². The van der Waals surface area contributed by atoms with E-state index < -0.39 is 12.0 Å². The van der Waals surface area contributed by atoms with E-state index in [-0.39, 0.29) is 6.04 Å². The molecule has 0 saturated heterocycles. The molecule has 0 spiro atoms. The number of carboxylic acid groups (broad SMARTS) is 1. The summed E-state index contributed by atoms with van der Waals surface area (Å²) in [5.74, 6) is -0.990. The van der Waals surface area contributed by atoms with Crippen LogP contribution in [0.2, 0.25) is 0 Å². The van der Waals surface area contributed by atoms with E-state index in [1.165, 1.54) is 16.2 Å². The zero-order valence-electron chi connectivity index (χ0n) is 10.2. The standard InChI is InChI=1S/C12H17NO3S/c1-4-9-5-6-10(17-9)11(12(15)16)13(7-14)8(2)3/h5-8,11H,4H2,1-3H3,(H,15,16). The highest BCUT2D eigenvalue weighted by molar-refractivity contribution is 7.12. The van der Waals surface area contributed by atoms with Crippen molar-refractivity contribution in [3.8, 4) is 0 Å². The second-order valence-electron chi connectivity index (χ2n) is 4.04. The van der Waals surface area contributed by atoms with Crippen molar-refractivity contribution in [3.63, 3.8) is 0 Å². The molecule has 1 rings (SSSR count). The van der Waals surface area contributed by atoms with Gasteiger partial charge >= 0.3 is 5.97 Å². The lowest BCUT2D eigenvalue weighted by Gasteiger charge is -2.27. The largest absolute Gasteiger partial charge is 0.479 e. The monoisotopic (exact) mass is 255 g/mol. The van der Waals surface area contributed by atoms with Crippen LogP contribution in [-0.2, 0) is 16.0 Å². The average Bonchev–Trinajstić information content (AvgIpc) is 2.72. The number of rotatable bonds is 6. The smallest absolute Gasteiger partial charge is 0.331 e. The van der Waals surface area contributed by atoms with Crippen molar-refractivity contribution in [2.75, 3.05) is 0 Å². The molecule has 1 aromatic rings. The molecule has 4 nitrogen and oxygen atoms in total. The van der Waals surface area contributed by atoms with Gasteiger partial charge in [0.05, 0.1) is 0 Å². The molecule has 0 fully saturated rings. The van der Waals surface area contributed by atoms with Gasteiger partial charge in [0.25, 0.3) is 0 Å². The van der Waals surface area contributed by atoms with Gasteiger partial charge in [-0.3, -0.25) is 4.79 Å². The van der Waals surface area contributed by atoms with Crippen molar-refractivity contribution in [1.82, 2.24) is 4.90 Å².